The van der Waals surface area contributed by atoms with Crippen LogP contribution in [0, 0.1) is 0 Å². The standard InChI is InChI=1S/C24H23BrN2O3S/c1-2-11-30-20-10-9-17(25)13-16(20)14-27-24-22(19-7-3-4-8-21(19)31-24)23(28)26-15-18-6-5-12-29-18/h2,5-6,9-10,12-14H,1,3-4,7-8,11,15H2,(H,26,28). The average Bonchev–Trinajstić information content (AvgIpc) is 3.43. The maximum atomic E-state index is 13.1. The molecule has 7 heteroatoms. The van der Waals surface area contributed by atoms with Gasteiger partial charge in [0, 0.05) is 21.1 Å². The first-order chi connectivity index (χ1) is 15.2. The molecule has 31 heavy (non-hydrogen) atoms. The van der Waals surface area contributed by atoms with Gasteiger partial charge in [-0.05, 0) is 61.6 Å². The second kappa shape index (κ2) is 10.1. The van der Waals surface area contributed by atoms with Crippen LogP contribution in [0.5, 0.6) is 5.75 Å². The molecule has 0 bridgehead atoms. The van der Waals surface area contributed by atoms with Crippen molar-refractivity contribution in [2.75, 3.05) is 6.61 Å². The molecule has 1 aliphatic carbocycles. The van der Waals surface area contributed by atoms with E-state index in [1.165, 1.54) is 4.88 Å². The lowest BCUT2D eigenvalue weighted by Gasteiger charge is -2.12. The highest BCUT2D eigenvalue weighted by molar-refractivity contribution is 9.10. The van der Waals surface area contributed by atoms with E-state index in [1.54, 1.807) is 29.9 Å². The Morgan fingerprint density at radius 1 is 1.32 bits per heavy atom. The molecule has 0 aliphatic heterocycles. The van der Waals surface area contributed by atoms with Crippen LogP contribution in [0.15, 0.2) is 63.1 Å². The molecule has 4 rings (SSSR count). The van der Waals surface area contributed by atoms with E-state index in [0.29, 0.717) is 18.7 Å². The fraction of sp³-hybridized carbons (Fsp3) is 0.250. The van der Waals surface area contributed by atoms with Crippen molar-refractivity contribution < 1.29 is 13.9 Å². The molecule has 1 N–H and O–H groups in total. The quantitative estimate of drug-likeness (QED) is 0.295. The number of benzene rings is 1. The van der Waals surface area contributed by atoms with E-state index >= 15 is 0 Å². The Morgan fingerprint density at radius 3 is 3.00 bits per heavy atom. The van der Waals surface area contributed by atoms with Gasteiger partial charge < -0.3 is 14.5 Å². The number of rotatable bonds is 8. The number of furan rings is 1. The first kappa shape index (κ1) is 21.6. The van der Waals surface area contributed by atoms with Crippen molar-refractivity contribution in [3.8, 4) is 5.75 Å². The van der Waals surface area contributed by atoms with Crippen LogP contribution < -0.4 is 10.1 Å². The highest BCUT2D eigenvalue weighted by Crippen LogP contribution is 2.40. The molecule has 0 spiro atoms. The van der Waals surface area contributed by atoms with E-state index in [4.69, 9.17) is 14.1 Å². The van der Waals surface area contributed by atoms with Gasteiger partial charge in [-0.25, -0.2) is 4.99 Å². The van der Waals surface area contributed by atoms with Crippen LogP contribution >= 0.6 is 27.3 Å². The van der Waals surface area contributed by atoms with Crippen LogP contribution in [0.25, 0.3) is 0 Å². The molecule has 0 saturated heterocycles. The molecule has 1 amide bonds. The first-order valence-corrected chi connectivity index (χ1v) is 11.8. The summed E-state index contributed by atoms with van der Waals surface area (Å²) in [6.45, 7) is 4.47. The summed E-state index contributed by atoms with van der Waals surface area (Å²) < 4.78 is 12.0. The Morgan fingerprint density at radius 2 is 2.19 bits per heavy atom. The molecule has 0 radical (unpaired) electrons. The van der Waals surface area contributed by atoms with Crippen LogP contribution in [0.3, 0.4) is 0 Å². The number of hydrogen-bond acceptors (Lipinski definition) is 5. The lowest BCUT2D eigenvalue weighted by atomic mass is 9.95. The van der Waals surface area contributed by atoms with Gasteiger partial charge in [-0.15, -0.1) is 11.3 Å². The number of carbonyl (C=O) groups is 1. The van der Waals surface area contributed by atoms with E-state index in [2.05, 4.69) is 27.8 Å². The van der Waals surface area contributed by atoms with E-state index in [9.17, 15) is 4.79 Å². The zero-order chi connectivity index (χ0) is 21.6. The number of nitrogens with one attached hydrogen (secondary N) is 1. The van der Waals surface area contributed by atoms with Crippen LogP contribution in [-0.4, -0.2) is 18.7 Å². The summed E-state index contributed by atoms with van der Waals surface area (Å²) in [6, 6.07) is 9.43. The largest absolute Gasteiger partial charge is 0.489 e. The number of fused-ring (bicyclic) bond motifs is 1. The average molecular weight is 499 g/mol. The number of aryl methyl sites for hydroxylation is 1. The summed E-state index contributed by atoms with van der Waals surface area (Å²) in [6.07, 6.45) is 9.23. The van der Waals surface area contributed by atoms with E-state index in [-0.39, 0.29) is 5.91 Å². The van der Waals surface area contributed by atoms with Gasteiger partial charge in [-0.2, -0.15) is 0 Å². The predicted molar refractivity (Wildman–Crippen MR) is 128 cm³/mol. The van der Waals surface area contributed by atoms with Crippen molar-refractivity contribution in [3.63, 3.8) is 0 Å². The van der Waals surface area contributed by atoms with Crippen molar-refractivity contribution in [1.82, 2.24) is 5.32 Å². The normalized spacial score (nSPS) is 13.2. The highest BCUT2D eigenvalue weighted by atomic mass is 79.9. The molecule has 3 aromatic rings. The molecule has 0 fully saturated rings. The van der Waals surface area contributed by atoms with Gasteiger partial charge in [0.2, 0.25) is 0 Å². The van der Waals surface area contributed by atoms with Crippen LogP contribution in [0.4, 0.5) is 5.00 Å². The summed E-state index contributed by atoms with van der Waals surface area (Å²) in [5.74, 6) is 1.33. The molecule has 1 aromatic carbocycles. The van der Waals surface area contributed by atoms with Gasteiger partial charge in [0.15, 0.2) is 0 Å². The monoisotopic (exact) mass is 498 g/mol. The molecule has 0 unspecified atom stereocenters. The van der Waals surface area contributed by atoms with Gasteiger partial charge in [-0.3, -0.25) is 4.79 Å². The Labute approximate surface area is 194 Å². The third-order valence-corrected chi connectivity index (χ3v) is 6.73. The van der Waals surface area contributed by atoms with Crippen LogP contribution in [0.2, 0.25) is 0 Å². The number of thiophene rings is 1. The van der Waals surface area contributed by atoms with Crippen molar-refractivity contribution >= 4 is 44.4 Å². The molecular weight excluding hydrogens is 476 g/mol. The summed E-state index contributed by atoms with van der Waals surface area (Å²) in [4.78, 5) is 19.1. The Bertz CT molecular complexity index is 1100. The summed E-state index contributed by atoms with van der Waals surface area (Å²) in [5.41, 5.74) is 2.66. The van der Waals surface area contributed by atoms with E-state index < -0.39 is 0 Å². The Balaban J connectivity index is 1.64. The van der Waals surface area contributed by atoms with E-state index in [1.807, 2.05) is 30.3 Å². The maximum Gasteiger partial charge on any atom is 0.255 e. The lowest BCUT2D eigenvalue weighted by molar-refractivity contribution is 0.0948. The molecule has 0 saturated carbocycles. The maximum absolute atomic E-state index is 13.1. The zero-order valence-electron chi connectivity index (χ0n) is 17.0. The molecule has 2 heterocycles. The highest BCUT2D eigenvalue weighted by Gasteiger charge is 2.25. The van der Waals surface area contributed by atoms with Crippen molar-refractivity contribution in [2.45, 2.75) is 32.2 Å². The van der Waals surface area contributed by atoms with Crippen LogP contribution in [-0.2, 0) is 19.4 Å². The SMILES string of the molecule is C=CCOc1ccc(Br)cc1C=Nc1sc2c(c1C(=O)NCc1ccco1)CCCC2. The van der Waals surface area contributed by atoms with Gasteiger partial charge >= 0.3 is 0 Å². The lowest BCUT2D eigenvalue weighted by Crippen LogP contribution is -2.23. The summed E-state index contributed by atoms with van der Waals surface area (Å²) >= 11 is 5.12. The molecule has 1 aliphatic rings. The number of hydrogen-bond donors (Lipinski definition) is 1. The molecule has 160 valence electrons. The minimum atomic E-state index is -0.111. The number of amides is 1. The number of carbonyl (C=O) groups excluding carboxylic acids is 1. The number of nitrogens with zero attached hydrogens (tertiary/aromatic N) is 1. The van der Waals surface area contributed by atoms with Gasteiger partial charge in [0.05, 0.1) is 18.4 Å². The Hall–Kier alpha value is -2.64. The van der Waals surface area contributed by atoms with Crippen molar-refractivity contribution in [2.24, 2.45) is 4.99 Å². The fourth-order valence-electron chi connectivity index (χ4n) is 3.57. The molecule has 5 nitrogen and oxygen atoms in total. The van der Waals surface area contributed by atoms with Gasteiger partial charge in [0.25, 0.3) is 5.91 Å². The Kier molecular flexibility index (Phi) is 7.04. The summed E-state index contributed by atoms with van der Waals surface area (Å²) in [7, 11) is 0. The minimum Gasteiger partial charge on any atom is -0.489 e. The molecular formula is C24H23BrN2O3S. The minimum absolute atomic E-state index is 0.111. The number of aliphatic imine (C=N–C) groups is 1. The third-order valence-electron chi connectivity index (χ3n) is 5.03. The third kappa shape index (κ3) is 5.17. The van der Waals surface area contributed by atoms with Crippen molar-refractivity contribution in [3.05, 3.63) is 81.1 Å². The zero-order valence-corrected chi connectivity index (χ0v) is 19.4. The first-order valence-electron chi connectivity index (χ1n) is 10.2. The van der Waals surface area contributed by atoms with Gasteiger partial charge in [0.1, 0.15) is 23.1 Å². The summed E-state index contributed by atoms with van der Waals surface area (Å²) in [5, 5.41) is 3.72. The topological polar surface area (TPSA) is 63.8 Å². The predicted octanol–water partition coefficient (Wildman–Crippen LogP) is 6.23. The fourth-order valence-corrected chi connectivity index (χ4v) is 5.18. The van der Waals surface area contributed by atoms with Crippen LogP contribution in [0.1, 0.15) is 45.0 Å². The molecule has 0 atom stereocenters. The molecule has 2 aromatic heterocycles. The van der Waals surface area contributed by atoms with Gasteiger partial charge in [-0.1, -0.05) is 28.6 Å². The number of ether oxygens (including phenoxy) is 1. The number of halogens is 1. The second-order valence-corrected chi connectivity index (χ2v) is 9.19. The second-order valence-electron chi connectivity index (χ2n) is 7.19. The smallest absolute Gasteiger partial charge is 0.255 e. The van der Waals surface area contributed by atoms with Crippen molar-refractivity contribution in [1.29, 1.82) is 0 Å². The van der Waals surface area contributed by atoms with E-state index in [0.717, 1.165) is 57.8 Å².